The van der Waals surface area contributed by atoms with E-state index in [2.05, 4.69) is 10.3 Å². The molecule has 1 aliphatic rings. The number of nitrogens with one attached hydrogen (secondary N) is 1. The number of rotatable bonds is 4. The highest BCUT2D eigenvalue weighted by atomic mass is 35.5. The number of methoxy groups -OCH3 is 1. The topological polar surface area (TPSA) is 54.5 Å². The van der Waals surface area contributed by atoms with Crippen LogP contribution in [-0.4, -0.2) is 36.0 Å². The van der Waals surface area contributed by atoms with Crippen molar-refractivity contribution in [1.82, 2.24) is 9.88 Å². The van der Waals surface area contributed by atoms with Gasteiger partial charge in [0, 0.05) is 30.7 Å². The Morgan fingerprint density at radius 2 is 1.84 bits per heavy atom. The van der Waals surface area contributed by atoms with E-state index in [1.54, 1.807) is 31.5 Å². The van der Waals surface area contributed by atoms with Crippen LogP contribution in [0, 0.1) is 0 Å². The van der Waals surface area contributed by atoms with Crippen molar-refractivity contribution in [1.29, 1.82) is 0 Å². The summed E-state index contributed by atoms with van der Waals surface area (Å²) in [4.78, 5) is 18.9. The van der Waals surface area contributed by atoms with Crippen molar-refractivity contribution < 1.29 is 9.53 Å². The number of likely N-dealkylation sites (tertiary alicyclic amines) is 1. The van der Waals surface area contributed by atoms with E-state index in [0.29, 0.717) is 16.5 Å². The average Bonchev–Trinajstić information content (AvgIpc) is 2.91. The number of benzene rings is 1. The van der Waals surface area contributed by atoms with Crippen molar-refractivity contribution in [2.45, 2.75) is 25.7 Å². The minimum absolute atomic E-state index is 0.00156. The minimum Gasteiger partial charge on any atom is -0.495 e. The van der Waals surface area contributed by atoms with Crippen molar-refractivity contribution in [3.8, 4) is 5.75 Å². The van der Waals surface area contributed by atoms with E-state index < -0.39 is 0 Å². The molecule has 1 fully saturated rings. The van der Waals surface area contributed by atoms with Crippen LogP contribution in [-0.2, 0) is 0 Å². The molecular weight excluding hydrogens is 338 g/mol. The number of ether oxygens (including phenoxy) is 1. The number of hydrogen-bond donors (Lipinski definition) is 1. The molecule has 1 amide bonds. The molecule has 0 radical (unpaired) electrons. The number of carbonyl (C=O) groups is 1. The Hall–Kier alpha value is -2.27. The van der Waals surface area contributed by atoms with Crippen LogP contribution in [0.25, 0.3) is 0 Å². The van der Waals surface area contributed by atoms with Gasteiger partial charge in [-0.3, -0.25) is 9.78 Å². The number of nitrogens with zero attached hydrogens (tertiary/aromatic N) is 2. The Kier molecular flexibility index (Phi) is 5.76. The predicted octanol–water partition coefficient (Wildman–Crippen LogP) is 4.50. The summed E-state index contributed by atoms with van der Waals surface area (Å²) in [6.07, 6.45) is 6.16. The van der Waals surface area contributed by atoms with E-state index >= 15 is 0 Å². The van der Waals surface area contributed by atoms with Gasteiger partial charge in [0.1, 0.15) is 11.4 Å². The number of pyridine rings is 1. The number of aromatic nitrogens is 1. The molecule has 1 N–H and O–H groups in total. The number of carbonyl (C=O) groups excluding carboxylic acids is 1. The third-order valence-corrected chi connectivity index (χ3v) is 4.61. The van der Waals surface area contributed by atoms with Gasteiger partial charge in [-0.2, -0.15) is 0 Å². The second-order valence-corrected chi connectivity index (χ2v) is 6.52. The highest BCUT2D eigenvalue weighted by molar-refractivity contribution is 6.32. The summed E-state index contributed by atoms with van der Waals surface area (Å²) >= 11 is 6.16. The molecule has 5 nitrogen and oxygen atoms in total. The summed E-state index contributed by atoms with van der Waals surface area (Å²) < 4.78 is 5.16. The van der Waals surface area contributed by atoms with Crippen LogP contribution in [0.4, 0.5) is 11.4 Å². The molecule has 1 aromatic heterocycles. The molecule has 3 rings (SSSR count). The summed E-state index contributed by atoms with van der Waals surface area (Å²) in [6, 6.07) is 9.08. The van der Waals surface area contributed by atoms with E-state index in [4.69, 9.17) is 16.3 Å². The van der Waals surface area contributed by atoms with Gasteiger partial charge in [0.25, 0.3) is 5.91 Å². The number of amides is 1. The van der Waals surface area contributed by atoms with Gasteiger partial charge in [-0.05, 0) is 43.2 Å². The summed E-state index contributed by atoms with van der Waals surface area (Å²) in [7, 11) is 1.58. The van der Waals surface area contributed by atoms with Crippen LogP contribution < -0.4 is 10.1 Å². The van der Waals surface area contributed by atoms with Crippen molar-refractivity contribution in [3.63, 3.8) is 0 Å². The maximum absolute atomic E-state index is 12.7. The zero-order valence-electron chi connectivity index (χ0n) is 14.3. The first kappa shape index (κ1) is 17.5. The largest absolute Gasteiger partial charge is 0.495 e. The van der Waals surface area contributed by atoms with Gasteiger partial charge in [0.05, 0.1) is 12.1 Å². The summed E-state index contributed by atoms with van der Waals surface area (Å²) in [6.45, 7) is 1.62. The van der Waals surface area contributed by atoms with E-state index in [0.717, 1.165) is 37.3 Å². The number of halogens is 1. The van der Waals surface area contributed by atoms with Crippen LogP contribution >= 0.6 is 11.6 Å². The molecule has 25 heavy (non-hydrogen) atoms. The molecule has 2 heterocycles. The second-order valence-electron chi connectivity index (χ2n) is 6.11. The van der Waals surface area contributed by atoms with Crippen LogP contribution in [0.1, 0.15) is 36.2 Å². The first-order chi connectivity index (χ1) is 12.2. The quantitative estimate of drug-likeness (QED) is 0.873. The second kappa shape index (κ2) is 8.21. The maximum Gasteiger partial charge on any atom is 0.272 e. The molecule has 132 valence electrons. The first-order valence-corrected chi connectivity index (χ1v) is 8.91. The third kappa shape index (κ3) is 4.42. The van der Waals surface area contributed by atoms with Gasteiger partial charge in [-0.25, -0.2) is 0 Å². The average molecular weight is 360 g/mol. The van der Waals surface area contributed by atoms with Crippen molar-refractivity contribution >= 4 is 28.9 Å². The molecule has 6 heteroatoms. The standard InChI is InChI=1S/C19H22ClN3O2/c1-25-18-7-6-14(12-16(18)20)22-15-8-9-21-17(13-15)19(24)23-10-4-2-3-5-11-23/h6-9,12-13H,2-5,10-11H2,1H3,(H,21,22). The van der Waals surface area contributed by atoms with Gasteiger partial charge >= 0.3 is 0 Å². The molecule has 0 saturated carbocycles. The Balaban J connectivity index is 1.74. The Labute approximate surface area is 153 Å². The predicted molar refractivity (Wildman–Crippen MR) is 99.9 cm³/mol. The molecule has 0 spiro atoms. The molecule has 0 aliphatic carbocycles. The van der Waals surface area contributed by atoms with Gasteiger partial charge in [0.2, 0.25) is 0 Å². The van der Waals surface area contributed by atoms with E-state index in [1.807, 2.05) is 17.0 Å². The number of hydrogen-bond acceptors (Lipinski definition) is 4. The molecule has 0 atom stereocenters. The van der Waals surface area contributed by atoms with Crippen molar-refractivity contribution in [3.05, 3.63) is 47.2 Å². The fourth-order valence-corrected chi connectivity index (χ4v) is 3.23. The summed E-state index contributed by atoms with van der Waals surface area (Å²) in [5, 5.41) is 3.79. The lowest BCUT2D eigenvalue weighted by atomic mass is 10.2. The summed E-state index contributed by atoms with van der Waals surface area (Å²) in [5.41, 5.74) is 2.09. The normalized spacial score (nSPS) is 14.7. The zero-order valence-corrected chi connectivity index (χ0v) is 15.1. The van der Waals surface area contributed by atoms with Gasteiger partial charge in [-0.15, -0.1) is 0 Å². The van der Waals surface area contributed by atoms with Crippen LogP contribution in [0.5, 0.6) is 5.75 Å². The molecule has 0 unspecified atom stereocenters. The van der Waals surface area contributed by atoms with Gasteiger partial charge in [-0.1, -0.05) is 24.4 Å². The van der Waals surface area contributed by atoms with E-state index in [1.165, 1.54) is 12.8 Å². The smallest absolute Gasteiger partial charge is 0.272 e. The van der Waals surface area contributed by atoms with Crippen LogP contribution in [0.15, 0.2) is 36.5 Å². The van der Waals surface area contributed by atoms with Crippen LogP contribution in [0.2, 0.25) is 5.02 Å². The zero-order chi connectivity index (χ0) is 17.6. The molecule has 2 aromatic rings. The lowest BCUT2D eigenvalue weighted by Gasteiger charge is -2.20. The monoisotopic (exact) mass is 359 g/mol. The van der Waals surface area contributed by atoms with E-state index in [9.17, 15) is 4.79 Å². The minimum atomic E-state index is -0.00156. The SMILES string of the molecule is COc1ccc(Nc2ccnc(C(=O)N3CCCCCC3)c2)cc1Cl. The van der Waals surface area contributed by atoms with Crippen molar-refractivity contribution in [2.24, 2.45) is 0 Å². The summed E-state index contributed by atoms with van der Waals surface area (Å²) in [5.74, 6) is 0.622. The van der Waals surface area contributed by atoms with Crippen molar-refractivity contribution in [2.75, 3.05) is 25.5 Å². The maximum atomic E-state index is 12.7. The highest BCUT2D eigenvalue weighted by Crippen LogP contribution is 2.29. The Bertz CT molecular complexity index is 743. The molecule has 1 aromatic carbocycles. The molecule has 0 bridgehead atoms. The Morgan fingerprint density at radius 1 is 1.12 bits per heavy atom. The lowest BCUT2D eigenvalue weighted by molar-refractivity contribution is 0.0756. The van der Waals surface area contributed by atoms with Gasteiger partial charge in [0.15, 0.2) is 0 Å². The van der Waals surface area contributed by atoms with E-state index in [-0.39, 0.29) is 5.91 Å². The van der Waals surface area contributed by atoms with Gasteiger partial charge < -0.3 is 15.0 Å². The first-order valence-electron chi connectivity index (χ1n) is 8.53. The molecule has 1 aliphatic heterocycles. The lowest BCUT2D eigenvalue weighted by Crippen LogP contribution is -2.32. The highest BCUT2D eigenvalue weighted by Gasteiger charge is 2.18. The molecule has 1 saturated heterocycles. The van der Waals surface area contributed by atoms with Crippen LogP contribution in [0.3, 0.4) is 0 Å². The fraction of sp³-hybridized carbons (Fsp3) is 0.368. The number of anilines is 2. The fourth-order valence-electron chi connectivity index (χ4n) is 2.97. The third-order valence-electron chi connectivity index (χ3n) is 4.31. The molecular formula is C19H22ClN3O2. The Morgan fingerprint density at radius 3 is 2.52 bits per heavy atom.